The number of esters is 1. The Morgan fingerprint density at radius 3 is 2.41 bits per heavy atom. The fourth-order valence-corrected chi connectivity index (χ4v) is 3.80. The predicted octanol–water partition coefficient (Wildman–Crippen LogP) is 3.90. The van der Waals surface area contributed by atoms with Crippen LogP contribution in [0.25, 0.3) is 0 Å². The third-order valence-corrected chi connectivity index (χ3v) is 5.31. The third kappa shape index (κ3) is 3.84. The van der Waals surface area contributed by atoms with Crippen LogP contribution in [0.5, 0.6) is 0 Å². The van der Waals surface area contributed by atoms with Crippen molar-refractivity contribution in [2.24, 2.45) is 5.41 Å². The molecule has 5 heteroatoms. The van der Waals surface area contributed by atoms with Gasteiger partial charge in [-0.25, -0.2) is 4.79 Å². The molecule has 148 valence electrons. The van der Waals surface area contributed by atoms with Gasteiger partial charge in [-0.2, -0.15) is 0 Å². The lowest BCUT2D eigenvalue weighted by Crippen LogP contribution is -2.49. The Kier molecular flexibility index (Phi) is 7.31. The number of aliphatic hydroxyl groups is 1. The highest BCUT2D eigenvalue weighted by molar-refractivity contribution is 6.31. The van der Waals surface area contributed by atoms with Crippen molar-refractivity contribution in [1.82, 2.24) is 0 Å². The van der Waals surface area contributed by atoms with Crippen molar-refractivity contribution in [1.29, 1.82) is 0 Å². The Balaban J connectivity index is 2.43. The Morgan fingerprint density at radius 2 is 1.78 bits per heavy atom. The lowest BCUT2D eigenvalue weighted by Gasteiger charge is -2.29. The van der Waals surface area contributed by atoms with Crippen LogP contribution in [0.4, 0.5) is 0 Å². The number of ketones is 2. The maximum absolute atomic E-state index is 13.4. The summed E-state index contributed by atoms with van der Waals surface area (Å²) in [5.74, 6) is -1.78. The predicted molar refractivity (Wildman–Crippen MR) is 103 cm³/mol. The zero-order valence-electron chi connectivity index (χ0n) is 16.5. The number of Topliss-reactive ketones (excluding diaryl/α,β-unsaturated/α-hetero) is 2. The summed E-state index contributed by atoms with van der Waals surface area (Å²) >= 11 is 0. The highest BCUT2D eigenvalue weighted by Gasteiger charge is 2.59. The van der Waals surface area contributed by atoms with E-state index >= 15 is 0 Å². The van der Waals surface area contributed by atoms with Crippen molar-refractivity contribution >= 4 is 17.5 Å². The molecule has 0 radical (unpaired) electrons. The standard InChI is InChI=1S/C22H30O5/c1-4-7-10-15-11-9-12-16-17(15)19(24)22(13-6-3,18(16)23)20(25)21(26)27-14-8-5-2/h9,11-12,20,25H,4-8,10,13-14H2,1-3H3. The molecule has 0 saturated heterocycles. The zero-order chi connectivity index (χ0) is 20.0. The second-order valence-corrected chi connectivity index (χ2v) is 7.25. The number of aliphatic hydroxyl groups excluding tert-OH is 1. The second kappa shape index (κ2) is 9.27. The maximum atomic E-state index is 13.4. The summed E-state index contributed by atoms with van der Waals surface area (Å²) in [7, 11) is 0. The Labute approximate surface area is 161 Å². The Bertz CT molecular complexity index is 709. The summed E-state index contributed by atoms with van der Waals surface area (Å²) < 4.78 is 5.13. The van der Waals surface area contributed by atoms with Gasteiger partial charge in [-0.1, -0.05) is 58.2 Å². The van der Waals surface area contributed by atoms with Crippen molar-refractivity contribution in [3.05, 3.63) is 34.9 Å². The van der Waals surface area contributed by atoms with E-state index in [4.69, 9.17) is 4.74 Å². The number of hydrogen-bond donors (Lipinski definition) is 1. The summed E-state index contributed by atoms with van der Waals surface area (Å²) in [6.07, 6.45) is 2.92. The van der Waals surface area contributed by atoms with Crippen LogP contribution in [-0.4, -0.2) is 35.4 Å². The first kappa shape index (κ1) is 21.3. The van der Waals surface area contributed by atoms with Gasteiger partial charge in [0.25, 0.3) is 0 Å². The van der Waals surface area contributed by atoms with E-state index in [9.17, 15) is 19.5 Å². The van der Waals surface area contributed by atoms with Gasteiger partial charge in [0.05, 0.1) is 6.61 Å². The van der Waals surface area contributed by atoms with Crippen molar-refractivity contribution in [2.75, 3.05) is 6.61 Å². The molecule has 0 saturated carbocycles. The molecule has 0 heterocycles. The molecule has 2 unspecified atom stereocenters. The normalized spacial score (nSPS) is 19.9. The smallest absolute Gasteiger partial charge is 0.336 e. The van der Waals surface area contributed by atoms with Gasteiger partial charge >= 0.3 is 5.97 Å². The number of carbonyl (C=O) groups excluding carboxylic acids is 3. The van der Waals surface area contributed by atoms with E-state index in [1.165, 1.54) is 0 Å². The van der Waals surface area contributed by atoms with Crippen molar-refractivity contribution in [3.8, 4) is 0 Å². The van der Waals surface area contributed by atoms with E-state index in [1.807, 2.05) is 19.9 Å². The van der Waals surface area contributed by atoms with Crippen LogP contribution in [0, 0.1) is 5.41 Å². The largest absolute Gasteiger partial charge is 0.464 e. The van der Waals surface area contributed by atoms with Crippen LogP contribution in [0.2, 0.25) is 0 Å². The van der Waals surface area contributed by atoms with Crippen LogP contribution in [0.3, 0.4) is 0 Å². The average molecular weight is 374 g/mol. The number of ether oxygens (including phenoxy) is 1. The van der Waals surface area contributed by atoms with Crippen LogP contribution in [0.1, 0.15) is 85.6 Å². The summed E-state index contributed by atoms with van der Waals surface area (Å²) in [6.45, 7) is 6.03. The van der Waals surface area contributed by atoms with E-state index in [-0.39, 0.29) is 13.0 Å². The van der Waals surface area contributed by atoms with Gasteiger partial charge in [-0.3, -0.25) is 9.59 Å². The highest BCUT2D eigenvalue weighted by atomic mass is 16.5. The number of carbonyl (C=O) groups is 3. The minimum absolute atomic E-state index is 0.122. The van der Waals surface area contributed by atoms with E-state index < -0.39 is 29.1 Å². The molecule has 1 aliphatic carbocycles. The third-order valence-electron chi connectivity index (χ3n) is 5.31. The molecular formula is C22H30O5. The molecule has 0 aliphatic heterocycles. The maximum Gasteiger partial charge on any atom is 0.336 e. The zero-order valence-corrected chi connectivity index (χ0v) is 16.5. The first-order chi connectivity index (χ1) is 12.9. The van der Waals surface area contributed by atoms with Gasteiger partial charge in [0.2, 0.25) is 0 Å². The van der Waals surface area contributed by atoms with Gasteiger partial charge in [-0.05, 0) is 31.2 Å². The molecule has 0 aromatic heterocycles. The van der Waals surface area contributed by atoms with Crippen LogP contribution in [-0.2, 0) is 16.0 Å². The molecule has 0 spiro atoms. The number of benzene rings is 1. The molecule has 2 atom stereocenters. The lowest BCUT2D eigenvalue weighted by atomic mass is 9.73. The van der Waals surface area contributed by atoms with Gasteiger partial charge in [0.15, 0.2) is 17.7 Å². The fraction of sp³-hybridized carbons (Fsp3) is 0.591. The molecule has 0 fully saturated rings. The first-order valence-corrected chi connectivity index (χ1v) is 10.0. The Morgan fingerprint density at radius 1 is 1.07 bits per heavy atom. The number of rotatable bonds is 10. The molecule has 1 aromatic carbocycles. The summed E-state index contributed by atoms with van der Waals surface area (Å²) in [4.78, 5) is 39.0. The van der Waals surface area contributed by atoms with Crippen LogP contribution in [0.15, 0.2) is 18.2 Å². The number of fused-ring (bicyclic) bond motifs is 1. The molecule has 1 aliphatic rings. The molecule has 2 rings (SSSR count). The molecule has 1 aromatic rings. The lowest BCUT2D eigenvalue weighted by molar-refractivity contribution is -0.158. The Hall–Kier alpha value is -2.01. The van der Waals surface area contributed by atoms with Crippen molar-refractivity contribution in [3.63, 3.8) is 0 Å². The van der Waals surface area contributed by atoms with Crippen molar-refractivity contribution < 1.29 is 24.2 Å². The molecule has 5 nitrogen and oxygen atoms in total. The molecular weight excluding hydrogens is 344 g/mol. The highest BCUT2D eigenvalue weighted by Crippen LogP contribution is 2.45. The van der Waals surface area contributed by atoms with E-state index in [0.717, 1.165) is 24.8 Å². The monoisotopic (exact) mass is 374 g/mol. The average Bonchev–Trinajstić information content (AvgIpc) is 2.89. The number of aryl methyl sites for hydroxylation is 1. The second-order valence-electron chi connectivity index (χ2n) is 7.25. The fourth-order valence-electron chi connectivity index (χ4n) is 3.80. The van der Waals surface area contributed by atoms with E-state index in [0.29, 0.717) is 30.4 Å². The number of unbranched alkanes of at least 4 members (excludes halogenated alkanes) is 2. The molecule has 1 N–H and O–H groups in total. The topological polar surface area (TPSA) is 80.7 Å². The minimum atomic E-state index is -1.78. The quantitative estimate of drug-likeness (QED) is 0.382. The van der Waals surface area contributed by atoms with Crippen LogP contribution >= 0.6 is 0 Å². The summed E-state index contributed by atoms with van der Waals surface area (Å²) in [5, 5.41) is 10.8. The van der Waals surface area contributed by atoms with Crippen molar-refractivity contribution in [2.45, 2.75) is 71.8 Å². The summed E-state index contributed by atoms with van der Waals surface area (Å²) in [6, 6.07) is 5.24. The molecule has 0 amide bonds. The summed E-state index contributed by atoms with van der Waals surface area (Å²) in [5.41, 5.74) is -0.243. The molecule has 27 heavy (non-hydrogen) atoms. The van der Waals surface area contributed by atoms with E-state index in [1.54, 1.807) is 12.1 Å². The number of hydrogen-bond acceptors (Lipinski definition) is 5. The molecule has 0 bridgehead atoms. The van der Waals surface area contributed by atoms with E-state index in [2.05, 4.69) is 6.92 Å². The minimum Gasteiger partial charge on any atom is -0.464 e. The van der Waals surface area contributed by atoms with Gasteiger partial charge in [0.1, 0.15) is 5.41 Å². The SMILES string of the molecule is CCCCOC(=O)C(O)C1(CCC)C(=O)c2cccc(CCCC)c2C1=O. The first-order valence-electron chi connectivity index (χ1n) is 10.0. The van der Waals surface area contributed by atoms with Crippen LogP contribution < -0.4 is 0 Å². The van der Waals surface area contributed by atoms with Gasteiger partial charge in [0, 0.05) is 11.1 Å². The van der Waals surface area contributed by atoms with Gasteiger partial charge in [-0.15, -0.1) is 0 Å². The van der Waals surface area contributed by atoms with Gasteiger partial charge < -0.3 is 9.84 Å².